The van der Waals surface area contributed by atoms with Crippen LogP contribution in [-0.4, -0.2) is 30.8 Å². The fraction of sp³-hybridized carbons (Fsp3) is 0.300. The minimum atomic E-state index is -4.46. The van der Waals surface area contributed by atoms with Crippen LogP contribution in [0.15, 0.2) is 12.1 Å². The molecule has 1 rings (SSSR count). The van der Waals surface area contributed by atoms with E-state index in [0.717, 1.165) is 18.0 Å². The van der Waals surface area contributed by atoms with Gasteiger partial charge in [0.25, 0.3) is 0 Å². The number of nitrogens with two attached hydrogens (primary N) is 1. The maximum atomic E-state index is 12.3. The van der Waals surface area contributed by atoms with Crippen LogP contribution >= 0.6 is 11.6 Å². The maximum Gasteiger partial charge on any atom is 0.405 e. The molecule has 0 spiro atoms. The van der Waals surface area contributed by atoms with Crippen molar-refractivity contribution < 1.29 is 23.1 Å². The summed E-state index contributed by atoms with van der Waals surface area (Å²) in [4.78, 5) is 11.7. The topological polar surface area (TPSA) is 66.6 Å². The van der Waals surface area contributed by atoms with Crippen molar-refractivity contribution in [3.63, 3.8) is 0 Å². The van der Waals surface area contributed by atoms with E-state index in [1.54, 1.807) is 0 Å². The first kappa shape index (κ1) is 14.4. The van der Waals surface area contributed by atoms with Crippen LogP contribution in [0.3, 0.4) is 0 Å². The molecule has 0 atom stereocenters. The van der Waals surface area contributed by atoms with Gasteiger partial charge in [-0.1, -0.05) is 11.6 Å². The number of carboxylic acid groups (broad SMARTS) is 1. The Kier molecular flexibility index (Phi) is 3.95. The molecule has 0 bridgehead atoms. The van der Waals surface area contributed by atoms with Gasteiger partial charge in [-0.3, -0.25) is 0 Å². The van der Waals surface area contributed by atoms with Crippen LogP contribution in [0.5, 0.6) is 0 Å². The number of benzene rings is 1. The van der Waals surface area contributed by atoms with Crippen LogP contribution in [0.4, 0.5) is 24.5 Å². The minimum Gasteiger partial charge on any atom is -0.478 e. The Labute approximate surface area is 106 Å². The lowest BCUT2D eigenvalue weighted by atomic mass is 10.1. The summed E-state index contributed by atoms with van der Waals surface area (Å²) in [5.74, 6) is -1.40. The van der Waals surface area contributed by atoms with Gasteiger partial charge in [-0.25, -0.2) is 4.79 Å². The van der Waals surface area contributed by atoms with E-state index in [2.05, 4.69) is 0 Å². The van der Waals surface area contributed by atoms with Gasteiger partial charge in [-0.2, -0.15) is 13.2 Å². The van der Waals surface area contributed by atoms with Crippen molar-refractivity contribution in [1.29, 1.82) is 0 Å². The lowest BCUT2D eigenvalue weighted by molar-refractivity contribution is -0.119. The summed E-state index contributed by atoms with van der Waals surface area (Å²) in [5, 5.41) is 8.80. The molecule has 0 fully saturated rings. The molecule has 1 aromatic carbocycles. The summed E-state index contributed by atoms with van der Waals surface area (Å²) in [6, 6.07) is 2.27. The largest absolute Gasteiger partial charge is 0.478 e. The fourth-order valence-electron chi connectivity index (χ4n) is 1.52. The fourth-order valence-corrected chi connectivity index (χ4v) is 1.89. The van der Waals surface area contributed by atoms with E-state index in [1.807, 2.05) is 0 Å². The van der Waals surface area contributed by atoms with Crippen LogP contribution in [0, 0.1) is 0 Å². The van der Waals surface area contributed by atoms with Gasteiger partial charge in [0.2, 0.25) is 0 Å². The van der Waals surface area contributed by atoms with Gasteiger partial charge >= 0.3 is 12.1 Å². The molecule has 8 heteroatoms. The van der Waals surface area contributed by atoms with Crippen molar-refractivity contribution in [1.82, 2.24) is 0 Å². The number of carboxylic acids is 1. The zero-order valence-corrected chi connectivity index (χ0v) is 10.0. The third-order valence-electron chi connectivity index (χ3n) is 2.11. The van der Waals surface area contributed by atoms with E-state index in [-0.39, 0.29) is 22.0 Å². The summed E-state index contributed by atoms with van der Waals surface area (Å²) in [6.07, 6.45) is -4.46. The normalized spacial score (nSPS) is 11.4. The third kappa shape index (κ3) is 3.43. The van der Waals surface area contributed by atoms with Crippen LogP contribution in [0.1, 0.15) is 10.4 Å². The SMILES string of the molecule is CN(CC(F)(F)F)c1c(Cl)cc(N)cc1C(=O)O. The van der Waals surface area contributed by atoms with Gasteiger partial charge in [-0.15, -0.1) is 0 Å². The zero-order valence-electron chi connectivity index (χ0n) is 9.25. The van der Waals surface area contributed by atoms with Gasteiger partial charge in [0.05, 0.1) is 16.3 Å². The predicted octanol–water partition coefficient (Wildman–Crippen LogP) is 2.62. The molecule has 18 heavy (non-hydrogen) atoms. The highest BCUT2D eigenvalue weighted by Gasteiger charge is 2.31. The smallest absolute Gasteiger partial charge is 0.405 e. The minimum absolute atomic E-state index is 0.0709. The molecule has 0 heterocycles. The molecule has 0 aliphatic carbocycles. The van der Waals surface area contributed by atoms with Crippen LogP contribution in [-0.2, 0) is 0 Å². The molecule has 1 aromatic rings. The highest BCUT2D eigenvalue weighted by Crippen LogP contribution is 2.33. The summed E-state index contributed by atoms with van der Waals surface area (Å²) >= 11 is 5.75. The number of halogens is 4. The van der Waals surface area contributed by atoms with Crippen molar-refractivity contribution in [3.05, 3.63) is 22.7 Å². The average Bonchev–Trinajstić information content (AvgIpc) is 2.12. The summed E-state index contributed by atoms with van der Waals surface area (Å²) < 4.78 is 36.8. The van der Waals surface area contributed by atoms with Gasteiger partial charge in [0.15, 0.2) is 0 Å². The van der Waals surface area contributed by atoms with E-state index >= 15 is 0 Å². The quantitative estimate of drug-likeness (QED) is 0.836. The maximum absolute atomic E-state index is 12.3. The lowest BCUT2D eigenvalue weighted by Crippen LogP contribution is -2.32. The lowest BCUT2D eigenvalue weighted by Gasteiger charge is -2.24. The Balaban J connectivity index is 3.26. The second-order valence-corrected chi connectivity index (χ2v) is 4.08. The Morgan fingerprint density at radius 1 is 1.50 bits per heavy atom. The van der Waals surface area contributed by atoms with E-state index in [0.29, 0.717) is 0 Å². The number of anilines is 2. The van der Waals surface area contributed by atoms with Gasteiger partial charge in [-0.05, 0) is 12.1 Å². The zero-order chi connectivity index (χ0) is 14.1. The molecule has 3 N–H and O–H groups in total. The second kappa shape index (κ2) is 4.93. The molecule has 0 aliphatic heterocycles. The predicted molar refractivity (Wildman–Crippen MR) is 62.1 cm³/mol. The molecule has 0 unspecified atom stereocenters. The number of nitrogens with zero attached hydrogens (tertiary/aromatic N) is 1. The first-order valence-corrected chi connectivity index (χ1v) is 5.10. The third-order valence-corrected chi connectivity index (χ3v) is 2.40. The monoisotopic (exact) mass is 282 g/mol. The van der Waals surface area contributed by atoms with Crippen molar-refractivity contribution in [2.24, 2.45) is 0 Å². The van der Waals surface area contributed by atoms with Crippen LogP contribution in [0.25, 0.3) is 0 Å². The molecule has 0 saturated heterocycles. The Morgan fingerprint density at radius 3 is 2.50 bits per heavy atom. The van der Waals surface area contributed by atoms with Crippen molar-refractivity contribution in [2.45, 2.75) is 6.18 Å². The molecule has 0 saturated carbocycles. The average molecular weight is 283 g/mol. The molecular formula is C10H10ClF3N2O2. The number of hydrogen-bond donors (Lipinski definition) is 2. The highest BCUT2D eigenvalue weighted by atomic mass is 35.5. The summed E-state index contributed by atoms with van der Waals surface area (Å²) in [7, 11) is 1.11. The first-order chi connectivity index (χ1) is 8.11. The number of alkyl halides is 3. The standard InChI is InChI=1S/C10H10ClF3N2O2/c1-16(4-10(12,13)14)8-6(9(17)18)2-5(15)3-7(8)11/h2-3H,4,15H2,1H3,(H,17,18). The first-order valence-electron chi connectivity index (χ1n) is 4.72. The molecule has 100 valence electrons. The molecule has 0 amide bonds. The Hall–Kier alpha value is -1.63. The van der Waals surface area contributed by atoms with Crippen LogP contribution in [0.2, 0.25) is 5.02 Å². The van der Waals surface area contributed by atoms with Crippen molar-refractivity contribution >= 4 is 28.9 Å². The number of nitrogen functional groups attached to an aromatic ring is 1. The molecule has 0 aliphatic rings. The van der Waals surface area contributed by atoms with E-state index < -0.39 is 18.7 Å². The highest BCUT2D eigenvalue weighted by molar-refractivity contribution is 6.34. The van der Waals surface area contributed by atoms with Gasteiger partial charge in [0, 0.05) is 12.7 Å². The van der Waals surface area contributed by atoms with E-state index in [9.17, 15) is 18.0 Å². The van der Waals surface area contributed by atoms with Crippen LogP contribution < -0.4 is 10.6 Å². The second-order valence-electron chi connectivity index (χ2n) is 3.68. The Bertz CT molecular complexity index is 477. The van der Waals surface area contributed by atoms with Gasteiger partial charge in [0.1, 0.15) is 6.54 Å². The van der Waals surface area contributed by atoms with Crippen molar-refractivity contribution in [3.8, 4) is 0 Å². The van der Waals surface area contributed by atoms with Crippen molar-refractivity contribution in [2.75, 3.05) is 24.2 Å². The number of rotatable bonds is 3. The molecule has 4 nitrogen and oxygen atoms in total. The number of carbonyl (C=O) groups is 1. The summed E-state index contributed by atoms with van der Waals surface area (Å²) in [6.45, 7) is -1.31. The van der Waals surface area contributed by atoms with E-state index in [4.69, 9.17) is 22.4 Å². The summed E-state index contributed by atoms with van der Waals surface area (Å²) in [5.41, 5.74) is 4.89. The van der Waals surface area contributed by atoms with E-state index in [1.165, 1.54) is 6.07 Å². The van der Waals surface area contributed by atoms with Gasteiger partial charge < -0.3 is 15.7 Å². The Morgan fingerprint density at radius 2 is 2.06 bits per heavy atom. The number of hydrogen-bond acceptors (Lipinski definition) is 3. The number of aromatic carboxylic acids is 1. The molecular weight excluding hydrogens is 273 g/mol. The molecule has 0 aromatic heterocycles. The molecule has 0 radical (unpaired) electrons.